The molecule has 0 saturated heterocycles. The summed E-state index contributed by atoms with van der Waals surface area (Å²) >= 11 is 0. The standard InChI is InChI=1S/C27H34O6/c28-15-9-7-5-3-1-2-4-6-8-10-16-32-22-13-11-20(12-14-22)25-19-24(31)27-23(30)17-21(29)18-26(27)33-25/h11-14,17-19,28-30H,1-10,15-16H2. The van der Waals surface area contributed by atoms with Crippen molar-refractivity contribution < 1.29 is 24.5 Å². The van der Waals surface area contributed by atoms with Gasteiger partial charge in [0.25, 0.3) is 0 Å². The van der Waals surface area contributed by atoms with E-state index in [9.17, 15) is 15.0 Å². The van der Waals surface area contributed by atoms with Gasteiger partial charge in [-0.2, -0.15) is 0 Å². The molecular weight excluding hydrogens is 420 g/mol. The number of hydrogen-bond donors (Lipinski definition) is 3. The molecule has 6 nitrogen and oxygen atoms in total. The fraction of sp³-hybridized carbons (Fsp3) is 0.444. The Hall–Kier alpha value is -2.99. The third kappa shape index (κ3) is 7.53. The summed E-state index contributed by atoms with van der Waals surface area (Å²) < 4.78 is 11.6. The van der Waals surface area contributed by atoms with E-state index in [1.165, 1.54) is 50.7 Å². The first-order valence-corrected chi connectivity index (χ1v) is 11.9. The fourth-order valence-electron chi connectivity index (χ4n) is 3.93. The maximum absolute atomic E-state index is 12.4. The van der Waals surface area contributed by atoms with Crippen molar-refractivity contribution in [1.29, 1.82) is 0 Å². The van der Waals surface area contributed by atoms with Gasteiger partial charge < -0.3 is 24.5 Å². The Balaban J connectivity index is 1.40. The van der Waals surface area contributed by atoms with E-state index in [4.69, 9.17) is 14.3 Å². The molecular formula is C27H34O6. The van der Waals surface area contributed by atoms with Gasteiger partial charge in [-0.25, -0.2) is 0 Å². The molecule has 33 heavy (non-hydrogen) atoms. The summed E-state index contributed by atoms with van der Waals surface area (Å²) in [6.07, 6.45) is 11.8. The first-order chi connectivity index (χ1) is 16.1. The second kappa shape index (κ2) is 12.9. The average Bonchev–Trinajstić information content (AvgIpc) is 2.79. The highest BCUT2D eigenvalue weighted by atomic mass is 16.5. The summed E-state index contributed by atoms with van der Waals surface area (Å²) in [5.41, 5.74) is 0.475. The van der Waals surface area contributed by atoms with Crippen molar-refractivity contribution in [2.24, 2.45) is 0 Å². The van der Waals surface area contributed by atoms with Crippen molar-refractivity contribution in [2.75, 3.05) is 13.2 Å². The molecule has 1 aromatic heterocycles. The van der Waals surface area contributed by atoms with E-state index in [0.717, 1.165) is 37.5 Å². The molecule has 0 atom stereocenters. The van der Waals surface area contributed by atoms with E-state index in [2.05, 4.69) is 0 Å². The van der Waals surface area contributed by atoms with Crippen molar-refractivity contribution in [1.82, 2.24) is 0 Å². The van der Waals surface area contributed by atoms with E-state index in [0.29, 0.717) is 24.5 Å². The molecule has 3 N–H and O–H groups in total. The number of rotatable bonds is 14. The second-order valence-electron chi connectivity index (χ2n) is 8.44. The molecule has 0 aliphatic heterocycles. The number of ether oxygens (including phenoxy) is 1. The highest BCUT2D eigenvalue weighted by molar-refractivity contribution is 5.86. The largest absolute Gasteiger partial charge is 0.508 e. The number of hydrogen-bond acceptors (Lipinski definition) is 6. The molecule has 0 amide bonds. The van der Waals surface area contributed by atoms with Gasteiger partial charge in [-0.15, -0.1) is 0 Å². The zero-order chi connectivity index (χ0) is 23.5. The van der Waals surface area contributed by atoms with Gasteiger partial charge in [0.2, 0.25) is 0 Å². The third-order valence-corrected chi connectivity index (χ3v) is 5.75. The molecule has 0 aliphatic rings. The van der Waals surface area contributed by atoms with Crippen LogP contribution >= 0.6 is 0 Å². The van der Waals surface area contributed by atoms with Crippen molar-refractivity contribution in [3.63, 3.8) is 0 Å². The van der Waals surface area contributed by atoms with Gasteiger partial charge in [-0.05, 0) is 37.1 Å². The number of aliphatic hydroxyl groups is 1. The molecule has 178 valence electrons. The van der Waals surface area contributed by atoms with Crippen LogP contribution in [-0.2, 0) is 0 Å². The quantitative estimate of drug-likeness (QED) is 0.253. The second-order valence-corrected chi connectivity index (χ2v) is 8.44. The maximum Gasteiger partial charge on any atom is 0.197 e. The number of benzene rings is 2. The van der Waals surface area contributed by atoms with Gasteiger partial charge in [0.15, 0.2) is 5.43 Å². The van der Waals surface area contributed by atoms with Crippen LogP contribution in [0.3, 0.4) is 0 Å². The predicted molar refractivity (Wildman–Crippen MR) is 130 cm³/mol. The molecule has 0 radical (unpaired) electrons. The smallest absolute Gasteiger partial charge is 0.197 e. The van der Waals surface area contributed by atoms with Crippen LogP contribution < -0.4 is 10.2 Å². The van der Waals surface area contributed by atoms with Crippen LogP contribution in [-0.4, -0.2) is 28.5 Å². The highest BCUT2D eigenvalue weighted by Crippen LogP contribution is 2.31. The number of unbranched alkanes of at least 4 members (excludes halogenated alkanes) is 9. The van der Waals surface area contributed by atoms with Crippen LogP contribution in [0, 0.1) is 0 Å². The summed E-state index contributed by atoms with van der Waals surface area (Å²) in [6, 6.07) is 11.1. The molecule has 0 spiro atoms. The van der Waals surface area contributed by atoms with Crippen LogP contribution in [0.25, 0.3) is 22.3 Å². The van der Waals surface area contributed by atoms with Crippen LogP contribution in [0.2, 0.25) is 0 Å². The Morgan fingerprint density at radius 1 is 0.758 bits per heavy atom. The van der Waals surface area contributed by atoms with Crippen LogP contribution in [0.5, 0.6) is 17.2 Å². The summed E-state index contributed by atoms with van der Waals surface area (Å²) in [7, 11) is 0. The van der Waals surface area contributed by atoms with Gasteiger partial charge in [-0.3, -0.25) is 4.79 Å². The minimum Gasteiger partial charge on any atom is -0.508 e. The number of fused-ring (bicyclic) bond motifs is 1. The lowest BCUT2D eigenvalue weighted by atomic mass is 10.1. The van der Waals surface area contributed by atoms with E-state index in [1.807, 2.05) is 24.3 Å². The average molecular weight is 455 g/mol. The van der Waals surface area contributed by atoms with Crippen molar-refractivity contribution in [3.05, 3.63) is 52.7 Å². The Bertz CT molecular complexity index is 1050. The zero-order valence-corrected chi connectivity index (χ0v) is 19.1. The summed E-state index contributed by atoms with van der Waals surface area (Å²) in [5, 5.41) is 28.4. The minimum atomic E-state index is -0.370. The lowest BCUT2D eigenvalue weighted by molar-refractivity contribution is 0.282. The monoisotopic (exact) mass is 454 g/mol. The molecule has 2 aromatic carbocycles. The van der Waals surface area contributed by atoms with Crippen molar-refractivity contribution in [3.8, 4) is 28.6 Å². The van der Waals surface area contributed by atoms with Gasteiger partial charge in [0.05, 0.1) is 6.61 Å². The van der Waals surface area contributed by atoms with E-state index in [1.54, 1.807) is 0 Å². The van der Waals surface area contributed by atoms with Gasteiger partial charge in [-0.1, -0.05) is 51.4 Å². The minimum absolute atomic E-state index is 0.0505. The number of aliphatic hydroxyl groups excluding tert-OH is 1. The highest BCUT2D eigenvalue weighted by Gasteiger charge is 2.12. The maximum atomic E-state index is 12.4. The Morgan fingerprint density at radius 2 is 1.36 bits per heavy atom. The molecule has 3 aromatic rings. The van der Waals surface area contributed by atoms with E-state index >= 15 is 0 Å². The fourth-order valence-corrected chi connectivity index (χ4v) is 3.93. The van der Waals surface area contributed by atoms with Gasteiger partial charge >= 0.3 is 0 Å². The number of aromatic hydroxyl groups is 2. The molecule has 0 aliphatic carbocycles. The van der Waals surface area contributed by atoms with E-state index in [-0.39, 0.29) is 27.9 Å². The molecule has 3 rings (SSSR count). The summed E-state index contributed by atoms with van der Waals surface area (Å²) in [4.78, 5) is 12.4. The van der Waals surface area contributed by atoms with Crippen LogP contribution in [0.4, 0.5) is 0 Å². The number of phenolic OH excluding ortho intramolecular Hbond substituents is 2. The Kier molecular flexibility index (Phi) is 9.63. The van der Waals surface area contributed by atoms with Crippen LogP contribution in [0.1, 0.15) is 64.2 Å². The molecule has 6 heteroatoms. The first-order valence-electron chi connectivity index (χ1n) is 11.9. The predicted octanol–water partition coefficient (Wildman–Crippen LogP) is 6.14. The van der Waals surface area contributed by atoms with Crippen molar-refractivity contribution >= 4 is 11.0 Å². The summed E-state index contributed by atoms with van der Waals surface area (Å²) in [6.45, 7) is 0.983. The first kappa shape index (κ1) is 24.6. The lowest BCUT2D eigenvalue weighted by Gasteiger charge is -2.08. The Labute approximate surface area is 194 Å². The molecule has 0 saturated carbocycles. The molecule has 0 fully saturated rings. The number of phenols is 2. The molecule has 0 bridgehead atoms. The zero-order valence-electron chi connectivity index (χ0n) is 19.1. The topological polar surface area (TPSA) is 100 Å². The summed E-state index contributed by atoms with van der Waals surface area (Å²) in [5.74, 6) is 0.652. The van der Waals surface area contributed by atoms with E-state index < -0.39 is 0 Å². The van der Waals surface area contributed by atoms with Gasteiger partial charge in [0.1, 0.15) is 34.0 Å². The molecule has 0 unspecified atom stereocenters. The lowest BCUT2D eigenvalue weighted by Crippen LogP contribution is -2.01. The van der Waals surface area contributed by atoms with Crippen LogP contribution in [0.15, 0.2) is 51.7 Å². The third-order valence-electron chi connectivity index (χ3n) is 5.75. The molecule has 1 heterocycles. The normalized spacial score (nSPS) is 11.2. The van der Waals surface area contributed by atoms with Crippen molar-refractivity contribution in [2.45, 2.75) is 64.2 Å². The Morgan fingerprint density at radius 3 is 2.00 bits per heavy atom. The SMILES string of the molecule is O=c1cc(-c2ccc(OCCCCCCCCCCCCO)cc2)oc2cc(O)cc(O)c12. The van der Waals surface area contributed by atoms with Gasteiger partial charge in [0, 0.05) is 30.4 Å².